The molecular formula is C15H15BrClN. The Bertz CT molecular complexity index is 552. The second-order valence-electron chi connectivity index (χ2n) is 4.70. The van der Waals surface area contributed by atoms with Gasteiger partial charge in [-0.25, -0.2) is 0 Å². The van der Waals surface area contributed by atoms with Crippen LogP contribution >= 0.6 is 27.5 Å². The van der Waals surface area contributed by atoms with Gasteiger partial charge >= 0.3 is 0 Å². The van der Waals surface area contributed by atoms with E-state index >= 15 is 0 Å². The molecule has 18 heavy (non-hydrogen) atoms. The lowest BCUT2D eigenvalue weighted by Crippen LogP contribution is -2.35. The lowest BCUT2D eigenvalue weighted by atomic mass is 9.87. The fraction of sp³-hybridized carbons (Fsp3) is 0.200. The zero-order chi connectivity index (χ0) is 13.2. The Morgan fingerprint density at radius 3 is 2.56 bits per heavy atom. The summed E-state index contributed by atoms with van der Waals surface area (Å²) in [5, 5.41) is 0.768. The minimum Gasteiger partial charge on any atom is -0.321 e. The first kappa shape index (κ1) is 13.6. The standard InChI is InChI=1S/C15H15BrClN/c1-15(18,12-6-4-7-13(16)9-12)10-11-5-2-3-8-14(11)17/h2-9H,10,18H2,1H3. The number of hydrogen-bond acceptors (Lipinski definition) is 1. The van der Waals surface area contributed by atoms with Gasteiger partial charge in [0.1, 0.15) is 0 Å². The van der Waals surface area contributed by atoms with Crippen molar-refractivity contribution in [2.45, 2.75) is 18.9 Å². The average Bonchev–Trinajstić information content (AvgIpc) is 2.32. The van der Waals surface area contributed by atoms with Gasteiger partial charge in [-0.15, -0.1) is 0 Å². The van der Waals surface area contributed by atoms with Crippen molar-refractivity contribution in [2.75, 3.05) is 0 Å². The number of nitrogens with two attached hydrogens (primary N) is 1. The van der Waals surface area contributed by atoms with Crippen LogP contribution in [-0.4, -0.2) is 0 Å². The number of benzene rings is 2. The highest BCUT2D eigenvalue weighted by Crippen LogP contribution is 2.28. The Morgan fingerprint density at radius 2 is 1.89 bits per heavy atom. The summed E-state index contributed by atoms with van der Waals surface area (Å²) in [6.07, 6.45) is 0.711. The molecule has 0 aliphatic heterocycles. The predicted molar refractivity (Wildman–Crippen MR) is 80.8 cm³/mol. The Labute approximate surface area is 121 Å². The van der Waals surface area contributed by atoms with E-state index < -0.39 is 5.54 Å². The lowest BCUT2D eigenvalue weighted by Gasteiger charge is -2.26. The van der Waals surface area contributed by atoms with Crippen LogP contribution in [0.25, 0.3) is 0 Å². The first-order chi connectivity index (χ1) is 8.49. The Morgan fingerprint density at radius 1 is 1.17 bits per heavy atom. The van der Waals surface area contributed by atoms with Gasteiger partial charge in [-0.05, 0) is 42.7 Å². The van der Waals surface area contributed by atoms with Crippen molar-refractivity contribution in [1.29, 1.82) is 0 Å². The van der Waals surface area contributed by atoms with Crippen LogP contribution in [0.15, 0.2) is 53.0 Å². The van der Waals surface area contributed by atoms with E-state index in [9.17, 15) is 0 Å². The van der Waals surface area contributed by atoms with E-state index in [4.69, 9.17) is 17.3 Å². The predicted octanol–water partition coefficient (Wildman–Crippen LogP) is 4.52. The van der Waals surface area contributed by atoms with Crippen molar-refractivity contribution >= 4 is 27.5 Å². The molecule has 0 saturated heterocycles. The maximum atomic E-state index is 6.43. The highest BCUT2D eigenvalue weighted by molar-refractivity contribution is 9.10. The molecule has 2 N–H and O–H groups in total. The third-order valence-corrected chi connectivity index (χ3v) is 3.86. The van der Waals surface area contributed by atoms with E-state index in [0.29, 0.717) is 6.42 Å². The maximum Gasteiger partial charge on any atom is 0.0438 e. The molecule has 0 radical (unpaired) electrons. The molecule has 1 nitrogen and oxygen atoms in total. The van der Waals surface area contributed by atoms with Gasteiger partial charge in [0, 0.05) is 15.0 Å². The molecule has 2 aromatic carbocycles. The Hall–Kier alpha value is -0.830. The zero-order valence-corrected chi connectivity index (χ0v) is 12.5. The Kier molecular flexibility index (Phi) is 4.10. The summed E-state index contributed by atoms with van der Waals surface area (Å²) < 4.78 is 1.04. The molecule has 1 atom stereocenters. The van der Waals surface area contributed by atoms with Crippen LogP contribution in [0.3, 0.4) is 0 Å². The normalized spacial score (nSPS) is 14.2. The van der Waals surface area contributed by atoms with Crippen LogP contribution in [0.2, 0.25) is 5.02 Å². The minimum absolute atomic E-state index is 0.436. The average molecular weight is 325 g/mol. The second kappa shape index (κ2) is 5.43. The van der Waals surface area contributed by atoms with Crippen molar-refractivity contribution in [1.82, 2.24) is 0 Å². The van der Waals surface area contributed by atoms with Crippen molar-refractivity contribution in [3.63, 3.8) is 0 Å². The summed E-state index contributed by atoms with van der Waals surface area (Å²) in [5.41, 5.74) is 8.16. The van der Waals surface area contributed by atoms with Gasteiger partial charge in [0.2, 0.25) is 0 Å². The molecule has 0 fully saturated rings. The van der Waals surface area contributed by atoms with E-state index in [1.54, 1.807) is 0 Å². The van der Waals surface area contributed by atoms with E-state index in [2.05, 4.69) is 22.0 Å². The van der Waals surface area contributed by atoms with Crippen LogP contribution in [0.1, 0.15) is 18.1 Å². The molecule has 0 amide bonds. The quantitative estimate of drug-likeness (QED) is 0.882. The van der Waals surface area contributed by atoms with Gasteiger partial charge in [0.25, 0.3) is 0 Å². The van der Waals surface area contributed by atoms with Gasteiger partial charge in [0.05, 0.1) is 0 Å². The first-order valence-electron chi connectivity index (χ1n) is 5.77. The molecule has 0 aromatic heterocycles. The number of halogens is 2. The highest BCUT2D eigenvalue weighted by atomic mass is 79.9. The topological polar surface area (TPSA) is 26.0 Å². The SMILES string of the molecule is CC(N)(Cc1ccccc1Cl)c1cccc(Br)c1. The maximum absolute atomic E-state index is 6.43. The lowest BCUT2D eigenvalue weighted by molar-refractivity contribution is 0.491. The molecule has 94 valence electrons. The fourth-order valence-electron chi connectivity index (χ4n) is 1.98. The number of rotatable bonds is 3. The van der Waals surface area contributed by atoms with Crippen LogP contribution in [-0.2, 0) is 12.0 Å². The Balaban J connectivity index is 2.30. The minimum atomic E-state index is -0.436. The molecule has 3 heteroatoms. The van der Waals surface area contributed by atoms with E-state index in [-0.39, 0.29) is 0 Å². The fourth-order valence-corrected chi connectivity index (χ4v) is 2.58. The third-order valence-electron chi connectivity index (χ3n) is 3.00. The summed E-state index contributed by atoms with van der Waals surface area (Å²) in [4.78, 5) is 0. The highest BCUT2D eigenvalue weighted by Gasteiger charge is 2.22. The summed E-state index contributed by atoms with van der Waals surface area (Å²) in [7, 11) is 0. The summed E-state index contributed by atoms with van der Waals surface area (Å²) in [6, 6.07) is 15.9. The number of hydrogen-bond donors (Lipinski definition) is 1. The van der Waals surface area contributed by atoms with Crippen LogP contribution < -0.4 is 5.73 Å². The molecule has 0 saturated carbocycles. The smallest absolute Gasteiger partial charge is 0.0438 e. The van der Waals surface area contributed by atoms with E-state index in [1.165, 1.54) is 0 Å². The monoisotopic (exact) mass is 323 g/mol. The van der Waals surface area contributed by atoms with E-state index in [1.807, 2.05) is 49.4 Å². The van der Waals surface area contributed by atoms with Crippen LogP contribution in [0.5, 0.6) is 0 Å². The molecule has 0 bridgehead atoms. The molecule has 0 aliphatic rings. The zero-order valence-electron chi connectivity index (χ0n) is 10.2. The van der Waals surface area contributed by atoms with Gasteiger partial charge < -0.3 is 5.73 Å². The van der Waals surface area contributed by atoms with Crippen LogP contribution in [0.4, 0.5) is 0 Å². The third kappa shape index (κ3) is 3.14. The van der Waals surface area contributed by atoms with Crippen molar-refractivity contribution in [3.05, 3.63) is 69.2 Å². The molecule has 1 unspecified atom stereocenters. The van der Waals surface area contributed by atoms with Gasteiger partial charge in [-0.1, -0.05) is 57.9 Å². The molecule has 0 spiro atoms. The summed E-state index contributed by atoms with van der Waals surface area (Å²) >= 11 is 9.66. The molecule has 0 heterocycles. The van der Waals surface area contributed by atoms with Crippen molar-refractivity contribution in [2.24, 2.45) is 5.73 Å². The van der Waals surface area contributed by atoms with Gasteiger partial charge in [-0.3, -0.25) is 0 Å². The molecule has 2 rings (SSSR count). The van der Waals surface area contributed by atoms with Crippen molar-refractivity contribution < 1.29 is 0 Å². The van der Waals surface area contributed by atoms with Crippen LogP contribution in [0, 0.1) is 0 Å². The second-order valence-corrected chi connectivity index (χ2v) is 6.02. The summed E-state index contributed by atoms with van der Waals surface area (Å²) in [6.45, 7) is 2.03. The van der Waals surface area contributed by atoms with E-state index in [0.717, 1.165) is 20.6 Å². The van der Waals surface area contributed by atoms with Gasteiger partial charge in [-0.2, -0.15) is 0 Å². The first-order valence-corrected chi connectivity index (χ1v) is 6.94. The molecule has 2 aromatic rings. The largest absolute Gasteiger partial charge is 0.321 e. The van der Waals surface area contributed by atoms with Crippen molar-refractivity contribution in [3.8, 4) is 0 Å². The molecule has 0 aliphatic carbocycles. The summed E-state index contributed by atoms with van der Waals surface area (Å²) in [5.74, 6) is 0. The van der Waals surface area contributed by atoms with Gasteiger partial charge in [0.15, 0.2) is 0 Å². The molecular weight excluding hydrogens is 310 g/mol.